The van der Waals surface area contributed by atoms with Gasteiger partial charge in [-0.2, -0.15) is 0 Å². The van der Waals surface area contributed by atoms with Gasteiger partial charge in [0.25, 0.3) is 0 Å². The van der Waals surface area contributed by atoms with Crippen LogP contribution in [0.5, 0.6) is 0 Å². The fourth-order valence-electron chi connectivity index (χ4n) is 3.77. The summed E-state index contributed by atoms with van der Waals surface area (Å²) >= 11 is 9.07. The zero-order chi connectivity index (χ0) is 25.5. The molecule has 2 aromatic carbocycles. The van der Waals surface area contributed by atoms with Crippen LogP contribution in [0, 0.1) is 0 Å². The molecular formula is C25H26ClN5O3S2. The van der Waals surface area contributed by atoms with Crippen molar-refractivity contribution in [2.24, 2.45) is 0 Å². The van der Waals surface area contributed by atoms with Crippen molar-refractivity contribution in [1.29, 1.82) is 0 Å². The Morgan fingerprint density at radius 3 is 2.33 bits per heavy atom. The summed E-state index contributed by atoms with van der Waals surface area (Å²) in [5.74, 6) is -0.0467. The molecule has 0 atom stereocenters. The molecule has 1 saturated heterocycles. The number of benzene rings is 2. The average molecular weight is 544 g/mol. The summed E-state index contributed by atoms with van der Waals surface area (Å²) in [5, 5.41) is 8.10. The van der Waals surface area contributed by atoms with E-state index in [1.165, 1.54) is 30.0 Å². The van der Waals surface area contributed by atoms with Crippen molar-refractivity contribution in [3.63, 3.8) is 0 Å². The summed E-state index contributed by atoms with van der Waals surface area (Å²) in [4.78, 5) is 44.8. The number of rotatable bonds is 8. The maximum Gasteiger partial charge on any atom is 0.234 e. The molecule has 0 aliphatic carbocycles. The second-order valence-electron chi connectivity index (χ2n) is 8.20. The zero-order valence-corrected chi connectivity index (χ0v) is 22.1. The van der Waals surface area contributed by atoms with Gasteiger partial charge >= 0.3 is 0 Å². The highest BCUT2D eigenvalue weighted by atomic mass is 35.5. The molecule has 8 nitrogen and oxygen atoms in total. The third-order valence-corrected chi connectivity index (χ3v) is 7.89. The number of thioether (sulfide) groups is 1. The first-order valence-corrected chi connectivity index (χ1v) is 13.6. The molecule has 0 saturated carbocycles. The fraction of sp³-hybridized carbons (Fsp3) is 0.280. The van der Waals surface area contributed by atoms with E-state index < -0.39 is 0 Å². The van der Waals surface area contributed by atoms with E-state index in [1.54, 1.807) is 24.3 Å². The van der Waals surface area contributed by atoms with Crippen molar-refractivity contribution in [3.05, 3.63) is 64.6 Å². The van der Waals surface area contributed by atoms with Gasteiger partial charge in [0, 0.05) is 49.9 Å². The summed E-state index contributed by atoms with van der Waals surface area (Å²) in [6.07, 6.45) is 0.246. The normalized spacial score (nSPS) is 13.4. The minimum atomic E-state index is -0.156. The van der Waals surface area contributed by atoms with E-state index in [0.29, 0.717) is 24.5 Å². The lowest BCUT2D eigenvalue weighted by Crippen LogP contribution is -2.49. The number of nitrogens with zero attached hydrogens (tertiary/aromatic N) is 3. The van der Waals surface area contributed by atoms with Gasteiger partial charge in [0.15, 0.2) is 4.34 Å². The highest BCUT2D eigenvalue weighted by molar-refractivity contribution is 8.01. The lowest BCUT2D eigenvalue weighted by Gasteiger charge is -2.36. The molecule has 0 unspecified atom stereocenters. The molecule has 0 bridgehead atoms. The number of aromatic nitrogens is 1. The highest BCUT2D eigenvalue weighted by Crippen LogP contribution is 2.27. The Balaban J connectivity index is 1.20. The van der Waals surface area contributed by atoms with E-state index in [1.807, 2.05) is 34.5 Å². The van der Waals surface area contributed by atoms with Gasteiger partial charge in [-0.05, 0) is 36.4 Å². The van der Waals surface area contributed by atoms with Crippen molar-refractivity contribution >= 4 is 69.5 Å². The predicted octanol–water partition coefficient (Wildman–Crippen LogP) is 4.38. The van der Waals surface area contributed by atoms with Crippen LogP contribution in [0.2, 0.25) is 5.02 Å². The minimum Gasteiger partial charge on any atom is -0.367 e. The molecule has 1 aliphatic rings. The Morgan fingerprint density at radius 1 is 1.00 bits per heavy atom. The molecule has 2 N–H and O–H groups in total. The van der Waals surface area contributed by atoms with Crippen LogP contribution < -0.4 is 15.5 Å². The fourth-order valence-corrected chi connectivity index (χ4v) is 5.67. The lowest BCUT2D eigenvalue weighted by atomic mass is 10.2. The van der Waals surface area contributed by atoms with Gasteiger partial charge in [0.05, 0.1) is 28.6 Å². The third-order valence-electron chi connectivity index (χ3n) is 5.50. The van der Waals surface area contributed by atoms with E-state index in [9.17, 15) is 14.4 Å². The number of halogens is 1. The number of piperazine rings is 1. The van der Waals surface area contributed by atoms with Crippen LogP contribution in [0.15, 0.2) is 58.3 Å². The van der Waals surface area contributed by atoms with Gasteiger partial charge in [-0.1, -0.05) is 35.5 Å². The first-order valence-electron chi connectivity index (χ1n) is 11.4. The number of anilines is 3. The molecule has 188 valence electrons. The first-order chi connectivity index (χ1) is 17.4. The van der Waals surface area contributed by atoms with Crippen LogP contribution in [0.3, 0.4) is 0 Å². The monoisotopic (exact) mass is 543 g/mol. The third kappa shape index (κ3) is 7.22. The summed E-state index contributed by atoms with van der Waals surface area (Å²) in [6.45, 7) is 4.19. The second-order valence-corrected chi connectivity index (χ2v) is 10.7. The van der Waals surface area contributed by atoms with Crippen LogP contribution >= 0.6 is 34.7 Å². The van der Waals surface area contributed by atoms with Gasteiger partial charge in [-0.15, -0.1) is 11.3 Å². The molecule has 3 aromatic rings. The molecule has 0 radical (unpaired) electrons. The van der Waals surface area contributed by atoms with Gasteiger partial charge in [-0.25, -0.2) is 4.98 Å². The van der Waals surface area contributed by atoms with Crippen LogP contribution in [0.1, 0.15) is 12.6 Å². The summed E-state index contributed by atoms with van der Waals surface area (Å²) in [6, 6.07) is 14.7. The van der Waals surface area contributed by atoms with Crippen LogP contribution in [0.4, 0.5) is 17.1 Å². The molecule has 36 heavy (non-hydrogen) atoms. The molecule has 11 heteroatoms. The van der Waals surface area contributed by atoms with Crippen molar-refractivity contribution in [1.82, 2.24) is 9.88 Å². The van der Waals surface area contributed by atoms with E-state index in [4.69, 9.17) is 11.6 Å². The molecule has 1 aromatic heterocycles. The van der Waals surface area contributed by atoms with Gasteiger partial charge in [0.2, 0.25) is 17.7 Å². The second kappa shape index (κ2) is 12.2. The average Bonchev–Trinajstić information content (AvgIpc) is 3.31. The van der Waals surface area contributed by atoms with Gasteiger partial charge < -0.3 is 20.4 Å². The van der Waals surface area contributed by atoms with Gasteiger partial charge in [-0.3, -0.25) is 14.4 Å². The Kier molecular flexibility index (Phi) is 8.84. The van der Waals surface area contributed by atoms with E-state index in [0.717, 1.165) is 33.8 Å². The molecule has 4 rings (SSSR count). The molecule has 3 amide bonds. The quantitative estimate of drug-likeness (QED) is 0.410. The zero-order valence-electron chi connectivity index (χ0n) is 19.7. The summed E-state index contributed by atoms with van der Waals surface area (Å²) in [5.41, 5.74) is 3.03. The number of hydrogen-bond acceptors (Lipinski definition) is 7. The molecule has 1 aliphatic heterocycles. The molecule has 0 spiro atoms. The molecule has 2 heterocycles. The Bertz CT molecular complexity index is 1230. The molecule has 1 fully saturated rings. The van der Waals surface area contributed by atoms with E-state index in [2.05, 4.69) is 20.5 Å². The Morgan fingerprint density at radius 2 is 1.67 bits per heavy atom. The smallest absolute Gasteiger partial charge is 0.234 e. The van der Waals surface area contributed by atoms with Crippen LogP contribution in [0.25, 0.3) is 0 Å². The first kappa shape index (κ1) is 26.0. The molecular weight excluding hydrogens is 518 g/mol. The lowest BCUT2D eigenvalue weighted by molar-refractivity contribution is -0.130. The largest absolute Gasteiger partial charge is 0.367 e. The number of para-hydroxylation sites is 1. The number of carbonyl (C=O) groups excluding carboxylic acids is 3. The topological polar surface area (TPSA) is 94.6 Å². The SMILES string of the molecule is CC(=O)Nc1ccc(NC(=O)CSc2nc(CC(=O)N3CCN(c4ccccc4Cl)CC3)cs2)cc1. The van der Waals surface area contributed by atoms with Crippen LogP contribution in [-0.2, 0) is 20.8 Å². The standard InChI is InChI=1S/C25H26ClN5O3S2/c1-17(32)27-18-6-8-19(9-7-18)28-23(33)16-36-25-29-20(15-35-25)14-24(34)31-12-10-30(11-13-31)22-5-3-2-4-21(22)26/h2-9,15H,10-14,16H2,1H3,(H,27,32)(H,28,33). The van der Waals surface area contributed by atoms with Crippen molar-refractivity contribution in [2.75, 3.05) is 47.5 Å². The van der Waals surface area contributed by atoms with Gasteiger partial charge in [0.1, 0.15) is 0 Å². The Labute approximate surface area is 223 Å². The number of nitrogens with one attached hydrogen (secondary N) is 2. The van der Waals surface area contributed by atoms with Crippen molar-refractivity contribution < 1.29 is 14.4 Å². The number of thiazole rings is 1. The van der Waals surface area contributed by atoms with E-state index >= 15 is 0 Å². The number of carbonyl (C=O) groups is 3. The maximum atomic E-state index is 12.8. The predicted molar refractivity (Wildman–Crippen MR) is 146 cm³/mol. The summed E-state index contributed by atoms with van der Waals surface area (Å²) < 4.78 is 0.748. The highest BCUT2D eigenvalue weighted by Gasteiger charge is 2.23. The van der Waals surface area contributed by atoms with Crippen LogP contribution in [-0.4, -0.2) is 59.5 Å². The number of hydrogen-bond donors (Lipinski definition) is 2. The number of amides is 3. The minimum absolute atomic E-state index is 0.0520. The summed E-state index contributed by atoms with van der Waals surface area (Å²) in [7, 11) is 0. The maximum absolute atomic E-state index is 12.8. The van der Waals surface area contributed by atoms with E-state index in [-0.39, 0.29) is 29.9 Å². The Hall–Kier alpha value is -3.08. The van der Waals surface area contributed by atoms with Crippen molar-refractivity contribution in [3.8, 4) is 0 Å². The van der Waals surface area contributed by atoms with Crippen molar-refractivity contribution in [2.45, 2.75) is 17.7 Å².